The van der Waals surface area contributed by atoms with Crippen molar-refractivity contribution >= 4 is 11.8 Å². The normalized spacial score (nSPS) is 21.2. The Labute approximate surface area is 199 Å². The molecule has 2 aromatic carbocycles. The van der Waals surface area contributed by atoms with Gasteiger partial charge in [-0.3, -0.25) is 9.59 Å². The number of amides is 2. The van der Waals surface area contributed by atoms with Crippen molar-refractivity contribution in [3.05, 3.63) is 71.3 Å². The maximum Gasteiger partial charge on any atom is 0.251 e. The molecule has 8 heteroatoms. The van der Waals surface area contributed by atoms with Crippen molar-refractivity contribution in [1.29, 1.82) is 0 Å². The Morgan fingerprint density at radius 2 is 1.59 bits per heavy atom. The predicted octanol–water partition coefficient (Wildman–Crippen LogP) is 2.76. The zero-order chi connectivity index (χ0) is 24.1. The van der Waals surface area contributed by atoms with Crippen LogP contribution in [0.1, 0.15) is 41.1 Å². The minimum atomic E-state index is -0.630. The summed E-state index contributed by atoms with van der Waals surface area (Å²) < 4.78 is 26.4. The van der Waals surface area contributed by atoms with Crippen LogP contribution in [0.2, 0.25) is 0 Å². The van der Waals surface area contributed by atoms with Gasteiger partial charge in [-0.05, 0) is 74.8 Å². The fourth-order valence-corrected chi connectivity index (χ4v) is 4.44. The van der Waals surface area contributed by atoms with E-state index in [9.17, 15) is 18.4 Å². The molecule has 1 saturated carbocycles. The van der Waals surface area contributed by atoms with Gasteiger partial charge in [0.2, 0.25) is 5.91 Å². The monoisotopic (exact) mass is 470 g/mol. The van der Waals surface area contributed by atoms with Crippen LogP contribution >= 0.6 is 0 Å². The topological polar surface area (TPSA) is 64.7 Å². The maximum atomic E-state index is 13.2. The zero-order valence-electron chi connectivity index (χ0n) is 19.5. The average molecular weight is 471 g/mol. The summed E-state index contributed by atoms with van der Waals surface area (Å²) >= 11 is 0. The van der Waals surface area contributed by atoms with E-state index in [1.54, 1.807) is 0 Å². The number of carbonyl (C=O) groups is 2. The molecule has 34 heavy (non-hydrogen) atoms. The molecule has 6 nitrogen and oxygen atoms in total. The van der Waals surface area contributed by atoms with E-state index in [4.69, 9.17) is 0 Å². The van der Waals surface area contributed by atoms with E-state index in [1.807, 2.05) is 24.1 Å². The molecule has 2 amide bonds. The lowest BCUT2D eigenvalue weighted by molar-refractivity contribution is -0.135. The van der Waals surface area contributed by atoms with Crippen LogP contribution < -0.4 is 10.6 Å². The molecular formula is C26H32F2N4O2. The molecule has 2 aliphatic rings. The highest BCUT2D eigenvalue weighted by Crippen LogP contribution is 2.40. The van der Waals surface area contributed by atoms with Gasteiger partial charge in [0, 0.05) is 43.7 Å². The van der Waals surface area contributed by atoms with Gasteiger partial charge in [-0.25, -0.2) is 8.78 Å². The summed E-state index contributed by atoms with van der Waals surface area (Å²) in [6, 6.07) is 11.7. The van der Waals surface area contributed by atoms with E-state index in [-0.39, 0.29) is 17.6 Å². The molecule has 1 heterocycles. The standard InChI is InChI=1S/C26H32F2N4O2/c1-31-13-15-32(16-14-31)26(34)23(30-25(33)19-6-10-21(28)11-7-19)3-2-12-29-24-17-22(24)18-4-8-20(27)9-5-18/h4-11,22-24,29H,2-3,12-17H2,1H3,(H,30,33)/t22-,23?,24+/m1/s1. The van der Waals surface area contributed by atoms with Crippen LogP contribution in [0.5, 0.6) is 0 Å². The molecule has 1 aliphatic carbocycles. The molecule has 0 radical (unpaired) electrons. The highest BCUT2D eigenvalue weighted by atomic mass is 19.1. The number of hydrogen-bond donors (Lipinski definition) is 2. The molecule has 1 saturated heterocycles. The van der Waals surface area contributed by atoms with Crippen molar-refractivity contribution in [3.8, 4) is 0 Å². The second kappa shape index (κ2) is 11.1. The molecule has 3 atom stereocenters. The minimum absolute atomic E-state index is 0.0702. The number of rotatable bonds is 9. The molecule has 0 spiro atoms. The second-order valence-electron chi connectivity index (χ2n) is 9.26. The number of piperazine rings is 1. The predicted molar refractivity (Wildman–Crippen MR) is 127 cm³/mol. The Kier molecular flexibility index (Phi) is 7.90. The summed E-state index contributed by atoms with van der Waals surface area (Å²) in [7, 11) is 2.03. The van der Waals surface area contributed by atoms with E-state index in [0.29, 0.717) is 37.0 Å². The first-order valence-corrected chi connectivity index (χ1v) is 11.9. The van der Waals surface area contributed by atoms with E-state index in [1.165, 1.54) is 36.4 Å². The van der Waals surface area contributed by atoms with E-state index >= 15 is 0 Å². The van der Waals surface area contributed by atoms with Gasteiger partial charge in [-0.2, -0.15) is 0 Å². The number of benzene rings is 2. The molecule has 0 bridgehead atoms. The van der Waals surface area contributed by atoms with Gasteiger partial charge in [-0.15, -0.1) is 0 Å². The summed E-state index contributed by atoms with van der Waals surface area (Å²) in [6.45, 7) is 3.61. The van der Waals surface area contributed by atoms with Gasteiger partial charge in [0.05, 0.1) is 0 Å². The summed E-state index contributed by atoms with van der Waals surface area (Å²) in [5.41, 5.74) is 1.46. The molecule has 182 valence electrons. The average Bonchev–Trinajstić information content (AvgIpc) is 3.61. The Morgan fingerprint density at radius 3 is 2.24 bits per heavy atom. The van der Waals surface area contributed by atoms with Crippen molar-refractivity contribution < 1.29 is 18.4 Å². The summed E-state index contributed by atoms with van der Waals surface area (Å²) in [5, 5.41) is 6.39. The van der Waals surface area contributed by atoms with E-state index in [0.717, 1.165) is 38.0 Å². The Balaban J connectivity index is 1.30. The maximum absolute atomic E-state index is 13.2. The van der Waals surface area contributed by atoms with E-state index < -0.39 is 11.9 Å². The minimum Gasteiger partial charge on any atom is -0.340 e. The molecule has 0 aromatic heterocycles. The number of nitrogens with one attached hydrogen (secondary N) is 2. The molecule has 2 N–H and O–H groups in total. The Morgan fingerprint density at radius 1 is 0.971 bits per heavy atom. The van der Waals surface area contributed by atoms with Crippen LogP contribution in [-0.2, 0) is 4.79 Å². The van der Waals surface area contributed by atoms with Crippen LogP contribution in [0.15, 0.2) is 48.5 Å². The van der Waals surface area contributed by atoms with Crippen molar-refractivity contribution in [3.63, 3.8) is 0 Å². The summed E-state index contributed by atoms with van der Waals surface area (Å²) in [5.74, 6) is -0.695. The number of halogens is 2. The third-order valence-electron chi connectivity index (χ3n) is 6.69. The van der Waals surface area contributed by atoms with Gasteiger partial charge in [0.25, 0.3) is 5.91 Å². The highest BCUT2D eigenvalue weighted by molar-refractivity contribution is 5.97. The van der Waals surface area contributed by atoms with Gasteiger partial charge >= 0.3 is 0 Å². The van der Waals surface area contributed by atoms with Crippen LogP contribution in [0.25, 0.3) is 0 Å². The van der Waals surface area contributed by atoms with Gasteiger partial charge < -0.3 is 20.4 Å². The molecule has 1 aliphatic heterocycles. The fraction of sp³-hybridized carbons (Fsp3) is 0.462. The SMILES string of the molecule is CN1CCN(C(=O)C(CCCN[C@H]2C[C@@H]2c2ccc(F)cc2)NC(=O)c2ccc(F)cc2)CC1. The van der Waals surface area contributed by atoms with Crippen molar-refractivity contribution in [2.45, 2.75) is 37.3 Å². The summed E-state index contributed by atoms with van der Waals surface area (Å²) in [4.78, 5) is 29.9. The molecule has 2 aromatic rings. The van der Waals surface area contributed by atoms with Gasteiger partial charge in [-0.1, -0.05) is 12.1 Å². The second-order valence-corrected chi connectivity index (χ2v) is 9.26. The molecule has 4 rings (SSSR count). The first-order chi connectivity index (χ1) is 16.4. The fourth-order valence-electron chi connectivity index (χ4n) is 4.44. The van der Waals surface area contributed by atoms with Crippen LogP contribution in [0, 0.1) is 11.6 Å². The van der Waals surface area contributed by atoms with Crippen molar-refractivity contribution in [2.24, 2.45) is 0 Å². The lowest BCUT2D eigenvalue weighted by Gasteiger charge is -2.34. The van der Waals surface area contributed by atoms with Crippen molar-refractivity contribution in [2.75, 3.05) is 39.8 Å². The Hall–Kier alpha value is -2.84. The zero-order valence-corrected chi connectivity index (χ0v) is 19.5. The first-order valence-electron chi connectivity index (χ1n) is 11.9. The first kappa shape index (κ1) is 24.3. The summed E-state index contributed by atoms with van der Waals surface area (Å²) in [6.07, 6.45) is 2.25. The quantitative estimate of drug-likeness (QED) is 0.554. The lowest BCUT2D eigenvalue weighted by Crippen LogP contribution is -2.54. The Bertz CT molecular complexity index is 975. The number of hydrogen-bond acceptors (Lipinski definition) is 4. The third-order valence-corrected chi connectivity index (χ3v) is 6.69. The molecule has 2 fully saturated rings. The smallest absolute Gasteiger partial charge is 0.251 e. The number of likely N-dealkylation sites (N-methyl/N-ethyl adjacent to an activating group) is 1. The van der Waals surface area contributed by atoms with Crippen LogP contribution in [0.3, 0.4) is 0 Å². The molecule has 1 unspecified atom stereocenters. The van der Waals surface area contributed by atoms with Crippen molar-refractivity contribution in [1.82, 2.24) is 20.4 Å². The molecular weight excluding hydrogens is 438 g/mol. The van der Waals surface area contributed by atoms with Crippen LogP contribution in [0.4, 0.5) is 8.78 Å². The third kappa shape index (κ3) is 6.39. The highest BCUT2D eigenvalue weighted by Gasteiger charge is 2.37. The lowest BCUT2D eigenvalue weighted by atomic mass is 10.1. The van der Waals surface area contributed by atoms with E-state index in [2.05, 4.69) is 15.5 Å². The van der Waals surface area contributed by atoms with Gasteiger partial charge in [0.15, 0.2) is 0 Å². The number of carbonyl (C=O) groups excluding carboxylic acids is 2. The van der Waals surface area contributed by atoms with Crippen LogP contribution in [-0.4, -0.2) is 73.5 Å². The largest absolute Gasteiger partial charge is 0.340 e. The van der Waals surface area contributed by atoms with Gasteiger partial charge in [0.1, 0.15) is 17.7 Å². The number of nitrogens with zero attached hydrogens (tertiary/aromatic N) is 2.